The topological polar surface area (TPSA) is 64.6 Å². The van der Waals surface area contributed by atoms with Gasteiger partial charge >= 0.3 is 5.97 Å². The summed E-state index contributed by atoms with van der Waals surface area (Å²) in [6.45, 7) is 3.87. The summed E-state index contributed by atoms with van der Waals surface area (Å²) in [5, 5.41) is 2.74. The van der Waals surface area contributed by atoms with E-state index in [4.69, 9.17) is 9.47 Å². The van der Waals surface area contributed by atoms with Crippen LogP contribution in [0.5, 0.6) is 5.75 Å². The first-order valence-corrected chi connectivity index (χ1v) is 8.19. The minimum Gasteiger partial charge on any atom is -0.491 e. The van der Waals surface area contributed by atoms with Crippen LogP contribution in [-0.4, -0.2) is 31.1 Å². The lowest BCUT2D eigenvalue weighted by Gasteiger charge is -2.17. The van der Waals surface area contributed by atoms with E-state index in [1.807, 2.05) is 44.2 Å². The van der Waals surface area contributed by atoms with Gasteiger partial charge in [0.15, 0.2) is 0 Å². The molecule has 5 nitrogen and oxygen atoms in total. The highest BCUT2D eigenvalue weighted by atomic mass is 16.5. The average molecular weight is 341 g/mol. The molecular weight excluding hydrogens is 318 g/mol. The number of esters is 1. The number of methoxy groups -OCH3 is 1. The van der Waals surface area contributed by atoms with E-state index in [2.05, 4.69) is 5.32 Å². The van der Waals surface area contributed by atoms with Crippen LogP contribution in [0.15, 0.2) is 54.6 Å². The summed E-state index contributed by atoms with van der Waals surface area (Å²) in [5.74, 6) is -0.111. The monoisotopic (exact) mass is 341 g/mol. The lowest BCUT2D eigenvalue weighted by Crippen LogP contribution is -2.43. The highest BCUT2D eigenvalue weighted by molar-refractivity contribution is 5.96. The summed E-state index contributed by atoms with van der Waals surface area (Å²) in [4.78, 5) is 24.4. The van der Waals surface area contributed by atoms with E-state index in [1.165, 1.54) is 7.11 Å². The minimum absolute atomic E-state index is 0.0641. The van der Waals surface area contributed by atoms with Crippen molar-refractivity contribution >= 4 is 11.9 Å². The van der Waals surface area contributed by atoms with E-state index in [-0.39, 0.29) is 12.0 Å². The van der Waals surface area contributed by atoms with Crippen LogP contribution in [0.4, 0.5) is 0 Å². The van der Waals surface area contributed by atoms with Crippen molar-refractivity contribution in [2.24, 2.45) is 0 Å². The number of benzene rings is 2. The molecule has 0 heterocycles. The van der Waals surface area contributed by atoms with E-state index >= 15 is 0 Å². The van der Waals surface area contributed by atoms with E-state index in [0.29, 0.717) is 17.7 Å². The number of hydrogen-bond donors (Lipinski definition) is 1. The minimum atomic E-state index is -0.744. The summed E-state index contributed by atoms with van der Waals surface area (Å²) < 4.78 is 10.4. The van der Waals surface area contributed by atoms with Crippen LogP contribution in [0.1, 0.15) is 29.8 Å². The SMILES string of the molecule is COC(=O)[C@H](Cc1ccccc1)NC(=O)c1ccc(OC(C)C)cc1. The van der Waals surface area contributed by atoms with Crippen molar-refractivity contribution in [2.45, 2.75) is 32.4 Å². The number of hydrogen-bond acceptors (Lipinski definition) is 4. The van der Waals surface area contributed by atoms with Crippen LogP contribution >= 0.6 is 0 Å². The van der Waals surface area contributed by atoms with Crippen LogP contribution in [0.2, 0.25) is 0 Å². The van der Waals surface area contributed by atoms with Crippen LogP contribution in [-0.2, 0) is 16.0 Å². The largest absolute Gasteiger partial charge is 0.491 e. The molecule has 2 aromatic rings. The smallest absolute Gasteiger partial charge is 0.328 e. The van der Waals surface area contributed by atoms with Gasteiger partial charge in [-0.3, -0.25) is 4.79 Å². The second-order valence-electron chi connectivity index (χ2n) is 5.93. The molecule has 2 aromatic carbocycles. The first-order valence-electron chi connectivity index (χ1n) is 8.19. The number of carbonyl (C=O) groups is 2. The zero-order valence-corrected chi connectivity index (χ0v) is 14.7. The zero-order valence-electron chi connectivity index (χ0n) is 14.7. The van der Waals surface area contributed by atoms with Gasteiger partial charge < -0.3 is 14.8 Å². The molecule has 0 fully saturated rings. The Kier molecular flexibility index (Phi) is 6.57. The molecule has 0 aromatic heterocycles. The van der Waals surface area contributed by atoms with Gasteiger partial charge in [0.2, 0.25) is 0 Å². The van der Waals surface area contributed by atoms with Crippen molar-refractivity contribution in [1.82, 2.24) is 5.32 Å². The molecule has 25 heavy (non-hydrogen) atoms. The Morgan fingerprint density at radius 2 is 1.64 bits per heavy atom. The van der Waals surface area contributed by atoms with Crippen LogP contribution in [0.25, 0.3) is 0 Å². The van der Waals surface area contributed by atoms with E-state index in [0.717, 1.165) is 5.56 Å². The van der Waals surface area contributed by atoms with Crippen LogP contribution < -0.4 is 10.1 Å². The lowest BCUT2D eigenvalue weighted by atomic mass is 10.1. The molecule has 0 aliphatic rings. The Labute approximate surface area is 148 Å². The van der Waals surface area contributed by atoms with Crippen LogP contribution in [0.3, 0.4) is 0 Å². The van der Waals surface area contributed by atoms with Crippen molar-refractivity contribution in [3.8, 4) is 5.75 Å². The van der Waals surface area contributed by atoms with Gasteiger partial charge in [0, 0.05) is 12.0 Å². The van der Waals surface area contributed by atoms with Gasteiger partial charge in [0.05, 0.1) is 13.2 Å². The molecular formula is C20H23NO4. The second kappa shape index (κ2) is 8.87. The van der Waals surface area contributed by atoms with Crippen molar-refractivity contribution < 1.29 is 19.1 Å². The van der Waals surface area contributed by atoms with E-state index < -0.39 is 12.0 Å². The predicted molar refractivity (Wildman–Crippen MR) is 95.6 cm³/mol. The van der Waals surface area contributed by atoms with Gasteiger partial charge in [-0.15, -0.1) is 0 Å². The number of rotatable bonds is 7. The third-order valence-electron chi connectivity index (χ3n) is 3.56. The van der Waals surface area contributed by atoms with Crippen molar-refractivity contribution in [3.05, 3.63) is 65.7 Å². The molecule has 0 saturated heterocycles. The fraction of sp³-hybridized carbons (Fsp3) is 0.300. The quantitative estimate of drug-likeness (QED) is 0.786. The number of nitrogens with one attached hydrogen (secondary N) is 1. The molecule has 1 N–H and O–H groups in total. The average Bonchev–Trinajstić information content (AvgIpc) is 2.61. The summed E-state index contributed by atoms with van der Waals surface area (Å²) >= 11 is 0. The Hall–Kier alpha value is -2.82. The van der Waals surface area contributed by atoms with E-state index in [1.54, 1.807) is 24.3 Å². The maximum atomic E-state index is 12.4. The standard InChI is InChI=1S/C20H23NO4/c1-14(2)25-17-11-9-16(10-12-17)19(22)21-18(20(23)24-3)13-15-7-5-4-6-8-15/h4-12,14,18H,13H2,1-3H3,(H,21,22)/t18-/m0/s1. The maximum absolute atomic E-state index is 12.4. The molecule has 1 atom stereocenters. The summed E-state index contributed by atoms with van der Waals surface area (Å²) in [6, 6.07) is 15.5. The third kappa shape index (κ3) is 5.64. The van der Waals surface area contributed by atoms with Crippen molar-refractivity contribution in [3.63, 3.8) is 0 Å². The Morgan fingerprint density at radius 3 is 2.20 bits per heavy atom. The first-order chi connectivity index (χ1) is 12.0. The third-order valence-corrected chi connectivity index (χ3v) is 3.56. The fourth-order valence-corrected chi connectivity index (χ4v) is 2.38. The normalized spacial score (nSPS) is 11.7. The highest BCUT2D eigenvalue weighted by Crippen LogP contribution is 2.14. The fourth-order valence-electron chi connectivity index (χ4n) is 2.38. The molecule has 5 heteroatoms. The van der Waals surface area contributed by atoms with Gasteiger partial charge in [-0.25, -0.2) is 4.79 Å². The number of carbonyl (C=O) groups excluding carboxylic acids is 2. The molecule has 0 aliphatic carbocycles. The Balaban J connectivity index is 2.07. The molecule has 0 unspecified atom stereocenters. The molecule has 0 saturated carbocycles. The molecule has 1 amide bonds. The van der Waals surface area contributed by atoms with Gasteiger partial charge in [-0.05, 0) is 43.7 Å². The van der Waals surface area contributed by atoms with Gasteiger partial charge in [-0.1, -0.05) is 30.3 Å². The summed E-state index contributed by atoms with van der Waals surface area (Å²) in [5.41, 5.74) is 1.40. The van der Waals surface area contributed by atoms with Gasteiger partial charge in [-0.2, -0.15) is 0 Å². The number of amides is 1. The lowest BCUT2D eigenvalue weighted by molar-refractivity contribution is -0.142. The summed E-state index contributed by atoms with van der Waals surface area (Å²) in [6.07, 6.45) is 0.433. The molecule has 0 aliphatic heterocycles. The number of ether oxygens (including phenoxy) is 2. The van der Waals surface area contributed by atoms with Gasteiger partial charge in [0.25, 0.3) is 5.91 Å². The van der Waals surface area contributed by atoms with Gasteiger partial charge in [0.1, 0.15) is 11.8 Å². The second-order valence-corrected chi connectivity index (χ2v) is 5.93. The maximum Gasteiger partial charge on any atom is 0.328 e. The molecule has 132 valence electrons. The zero-order chi connectivity index (χ0) is 18.2. The highest BCUT2D eigenvalue weighted by Gasteiger charge is 2.22. The van der Waals surface area contributed by atoms with Crippen molar-refractivity contribution in [1.29, 1.82) is 0 Å². The van der Waals surface area contributed by atoms with Crippen molar-refractivity contribution in [2.75, 3.05) is 7.11 Å². The Bertz CT molecular complexity index is 695. The predicted octanol–water partition coefficient (Wildman–Crippen LogP) is 2.99. The Morgan fingerprint density at radius 1 is 1.00 bits per heavy atom. The molecule has 0 radical (unpaired) electrons. The molecule has 0 spiro atoms. The molecule has 2 rings (SSSR count). The first kappa shape index (κ1) is 18.5. The van der Waals surface area contributed by atoms with Crippen LogP contribution in [0, 0.1) is 0 Å². The summed E-state index contributed by atoms with van der Waals surface area (Å²) in [7, 11) is 1.31. The van der Waals surface area contributed by atoms with E-state index in [9.17, 15) is 9.59 Å². The molecule has 0 bridgehead atoms.